The molecule has 0 unspecified atom stereocenters. The van der Waals surface area contributed by atoms with Crippen LogP contribution in [-0.2, 0) is 0 Å². The summed E-state index contributed by atoms with van der Waals surface area (Å²) in [4.78, 5) is 6.34. The second kappa shape index (κ2) is 3.64. The molecule has 1 fully saturated rings. The van der Waals surface area contributed by atoms with Gasteiger partial charge in [-0.25, -0.2) is 0 Å². The van der Waals surface area contributed by atoms with Crippen molar-refractivity contribution >= 4 is 11.4 Å². The number of anilines is 2. The molecule has 0 aromatic carbocycles. The lowest BCUT2D eigenvalue weighted by atomic mass is 10.1. The molecule has 1 aliphatic rings. The van der Waals surface area contributed by atoms with E-state index in [9.17, 15) is 0 Å². The fraction of sp³-hybridized carbons (Fsp3) is 0.500. The Labute approximate surface area is 78.6 Å². The Bertz CT molecular complexity index is 279. The highest BCUT2D eigenvalue weighted by molar-refractivity contribution is 5.65. The lowest BCUT2D eigenvalue weighted by molar-refractivity contribution is 0.578. The Balaban J connectivity index is 2.18. The fourth-order valence-electron chi connectivity index (χ4n) is 1.82. The zero-order valence-electron chi connectivity index (χ0n) is 7.74. The zero-order valence-corrected chi connectivity index (χ0v) is 7.74. The normalized spacial score (nSPS) is 17.4. The minimum Gasteiger partial charge on any atom is -0.396 e. The molecule has 2 rings (SSSR count). The van der Waals surface area contributed by atoms with Crippen LogP contribution in [0.4, 0.5) is 11.4 Å². The quantitative estimate of drug-likeness (QED) is 0.709. The van der Waals surface area contributed by atoms with Gasteiger partial charge < -0.3 is 10.6 Å². The van der Waals surface area contributed by atoms with Crippen LogP contribution in [0.25, 0.3) is 0 Å². The highest BCUT2D eigenvalue weighted by Gasteiger charge is 2.12. The molecule has 0 amide bonds. The van der Waals surface area contributed by atoms with Gasteiger partial charge in [0, 0.05) is 19.3 Å². The molecule has 13 heavy (non-hydrogen) atoms. The van der Waals surface area contributed by atoms with E-state index in [1.54, 1.807) is 12.4 Å². The largest absolute Gasteiger partial charge is 0.396 e. The van der Waals surface area contributed by atoms with Crippen LogP contribution in [0.15, 0.2) is 18.5 Å². The van der Waals surface area contributed by atoms with Gasteiger partial charge in [-0.1, -0.05) is 0 Å². The number of rotatable bonds is 1. The molecule has 0 radical (unpaired) electrons. The third kappa shape index (κ3) is 1.74. The number of piperidine rings is 1. The van der Waals surface area contributed by atoms with Crippen LogP contribution in [0.1, 0.15) is 19.3 Å². The van der Waals surface area contributed by atoms with E-state index in [0.29, 0.717) is 0 Å². The van der Waals surface area contributed by atoms with E-state index in [1.165, 1.54) is 19.3 Å². The SMILES string of the molecule is Nc1cnccc1N1CCCCC1. The van der Waals surface area contributed by atoms with Crippen LogP contribution in [0.2, 0.25) is 0 Å². The first kappa shape index (κ1) is 8.35. The third-order valence-electron chi connectivity index (χ3n) is 2.52. The van der Waals surface area contributed by atoms with Crippen LogP contribution in [0.3, 0.4) is 0 Å². The van der Waals surface area contributed by atoms with Gasteiger partial charge in [0.15, 0.2) is 0 Å². The van der Waals surface area contributed by atoms with Crippen molar-refractivity contribution in [2.75, 3.05) is 23.7 Å². The average Bonchev–Trinajstić information content (AvgIpc) is 2.20. The highest BCUT2D eigenvalue weighted by atomic mass is 15.1. The summed E-state index contributed by atoms with van der Waals surface area (Å²) in [6.07, 6.45) is 7.44. The molecule has 1 aromatic heterocycles. The van der Waals surface area contributed by atoms with Crippen molar-refractivity contribution in [1.82, 2.24) is 4.98 Å². The number of aromatic nitrogens is 1. The van der Waals surface area contributed by atoms with E-state index in [-0.39, 0.29) is 0 Å². The highest BCUT2D eigenvalue weighted by Crippen LogP contribution is 2.24. The summed E-state index contributed by atoms with van der Waals surface area (Å²) in [6, 6.07) is 2.00. The number of nitrogens with two attached hydrogens (primary N) is 1. The minimum absolute atomic E-state index is 0.796. The fourth-order valence-corrected chi connectivity index (χ4v) is 1.82. The van der Waals surface area contributed by atoms with E-state index >= 15 is 0 Å². The molecule has 1 aromatic rings. The van der Waals surface area contributed by atoms with Crippen LogP contribution < -0.4 is 10.6 Å². The first-order chi connectivity index (χ1) is 6.38. The molecule has 0 aliphatic carbocycles. The maximum absolute atomic E-state index is 5.85. The van der Waals surface area contributed by atoms with Crippen LogP contribution in [0, 0.1) is 0 Å². The summed E-state index contributed by atoms with van der Waals surface area (Å²) < 4.78 is 0. The Kier molecular flexibility index (Phi) is 2.34. The maximum atomic E-state index is 5.85. The Hall–Kier alpha value is -1.25. The van der Waals surface area contributed by atoms with Gasteiger partial charge in [-0.05, 0) is 25.3 Å². The Morgan fingerprint density at radius 1 is 1.23 bits per heavy atom. The van der Waals surface area contributed by atoms with Crippen molar-refractivity contribution in [2.24, 2.45) is 0 Å². The molecule has 1 aliphatic heterocycles. The second-order valence-electron chi connectivity index (χ2n) is 3.48. The van der Waals surface area contributed by atoms with Gasteiger partial charge in [-0.15, -0.1) is 0 Å². The van der Waals surface area contributed by atoms with Crippen molar-refractivity contribution in [3.8, 4) is 0 Å². The summed E-state index contributed by atoms with van der Waals surface area (Å²) in [5.74, 6) is 0. The molecule has 3 heteroatoms. The minimum atomic E-state index is 0.796. The van der Waals surface area contributed by atoms with Crippen LogP contribution in [-0.4, -0.2) is 18.1 Å². The molecular formula is C10H15N3. The van der Waals surface area contributed by atoms with Crippen molar-refractivity contribution in [3.63, 3.8) is 0 Å². The van der Waals surface area contributed by atoms with Gasteiger partial charge in [0.2, 0.25) is 0 Å². The first-order valence-electron chi connectivity index (χ1n) is 4.82. The Morgan fingerprint density at radius 2 is 2.00 bits per heavy atom. The summed E-state index contributed by atoms with van der Waals surface area (Å²) >= 11 is 0. The predicted octanol–water partition coefficient (Wildman–Crippen LogP) is 1.65. The number of hydrogen-bond donors (Lipinski definition) is 1. The molecule has 0 atom stereocenters. The monoisotopic (exact) mass is 177 g/mol. The van der Waals surface area contributed by atoms with Crippen molar-refractivity contribution in [2.45, 2.75) is 19.3 Å². The Morgan fingerprint density at radius 3 is 2.69 bits per heavy atom. The van der Waals surface area contributed by atoms with E-state index < -0.39 is 0 Å². The van der Waals surface area contributed by atoms with Gasteiger partial charge in [0.05, 0.1) is 17.6 Å². The summed E-state index contributed by atoms with van der Waals surface area (Å²) in [5.41, 5.74) is 7.79. The predicted molar refractivity (Wildman–Crippen MR) is 54.7 cm³/mol. The standard InChI is InChI=1S/C10H15N3/c11-9-8-12-5-4-10(9)13-6-2-1-3-7-13/h4-5,8H,1-3,6-7,11H2. The number of hydrogen-bond acceptors (Lipinski definition) is 3. The van der Waals surface area contributed by atoms with E-state index in [0.717, 1.165) is 24.5 Å². The number of nitrogens with zero attached hydrogens (tertiary/aromatic N) is 2. The van der Waals surface area contributed by atoms with Crippen molar-refractivity contribution in [3.05, 3.63) is 18.5 Å². The van der Waals surface area contributed by atoms with Crippen molar-refractivity contribution in [1.29, 1.82) is 0 Å². The van der Waals surface area contributed by atoms with Gasteiger partial charge in [-0.3, -0.25) is 4.98 Å². The topological polar surface area (TPSA) is 42.1 Å². The molecule has 0 bridgehead atoms. The lowest BCUT2D eigenvalue weighted by Crippen LogP contribution is -2.29. The molecule has 1 saturated heterocycles. The van der Waals surface area contributed by atoms with E-state index in [2.05, 4.69) is 9.88 Å². The smallest absolute Gasteiger partial charge is 0.0738 e. The lowest BCUT2D eigenvalue weighted by Gasteiger charge is -2.29. The van der Waals surface area contributed by atoms with E-state index in [1.807, 2.05) is 6.07 Å². The first-order valence-corrected chi connectivity index (χ1v) is 4.82. The molecule has 2 N–H and O–H groups in total. The van der Waals surface area contributed by atoms with Crippen molar-refractivity contribution < 1.29 is 0 Å². The maximum Gasteiger partial charge on any atom is 0.0738 e. The van der Waals surface area contributed by atoms with E-state index in [4.69, 9.17) is 5.73 Å². The van der Waals surface area contributed by atoms with Gasteiger partial charge in [-0.2, -0.15) is 0 Å². The number of pyridine rings is 1. The second-order valence-corrected chi connectivity index (χ2v) is 3.48. The summed E-state index contributed by atoms with van der Waals surface area (Å²) in [5, 5.41) is 0. The zero-order chi connectivity index (χ0) is 9.10. The molecule has 0 spiro atoms. The average molecular weight is 177 g/mol. The molecule has 2 heterocycles. The molecule has 0 saturated carbocycles. The molecular weight excluding hydrogens is 162 g/mol. The molecule has 3 nitrogen and oxygen atoms in total. The number of nitrogen functional groups attached to an aromatic ring is 1. The van der Waals surface area contributed by atoms with Gasteiger partial charge in [0.25, 0.3) is 0 Å². The van der Waals surface area contributed by atoms with Gasteiger partial charge >= 0.3 is 0 Å². The molecule has 70 valence electrons. The van der Waals surface area contributed by atoms with Gasteiger partial charge in [0.1, 0.15) is 0 Å². The summed E-state index contributed by atoms with van der Waals surface area (Å²) in [6.45, 7) is 2.27. The summed E-state index contributed by atoms with van der Waals surface area (Å²) in [7, 11) is 0. The van der Waals surface area contributed by atoms with Crippen LogP contribution >= 0.6 is 0 Å². The third-order valence-corrected chi connectivity index (χ3v) is 2.52. The van der Waals surface area contributed by atoms with Crippen LogP contribution in [0.5, 0.6) is 0 Å².